The fraction of sp³-hybridized carbons (Fsp3) is 0.750. The molecule has 0 saturated carbocycles. The highest BCUT2D eigenvalue weighted by atomic mass is 35.5. The second kappa shape index (κ2) is 29.1. The number of rotatable bonds is 29. The van der Waals surface area contributed by atoms with Crippen molar-refractivity contribution >= 4 is 29.7 Å². The molecule has 7 N–H and O–H groups in total. The molecule has 2 aliphatic heterocycles. The van der Waals surface area contributed by atoms with E-state index in [4.69, 9.17) is 35.6 Å². The first kappa shape index (κ1) is 53.9. The van der Waals surface area contributed by atoms with Gasteiger partial charge in [-0.3, -0.25) is 9.59 Å². The molecule has 2 aliphatic rings. The van der Waals surface area contributed by atoms with E-state index in [-0.39, 0.29) is 42.7 Å². The van der Waals surface area contributed by atoms with E-state index in [0.29, 0.717) is 110 Å². The number of nitrogens with zero attached hydrogens (tertiary/aromatic N) is 13. The molecule has 368 valence electrons. The van der Waals surface area contributed by atoms with E-state index in [1.54, 1.807) is 9.36 Å². The van der Waals surface area contributed by atoms with Gasteiger partial charge in [-0.15, -0.1) is 16.6 Å². The van der Waals surface area contributed by atoms with Gasteiger partial charge in [0.25, 0.3) is 0 Å². The summed E-state index contributed by atoms with van der Waals surface area (Å²) in [6.07, 6.45) is 16.4. The van der Waals surface area contributed by atoms with Gasteiger partial charge in [0.2, 0.25) is 29.7 Å². The Labute approximate surface area is 396 Å². The van der Waals surface area contributed by atoms with Gasteiger partial charge in [-0.25, -0.2) is 9.36 Å². The van der Waals surface area contributed by atoms with Crippen LogP contribution in [-0.4, -0.2) is 178 Å². The molecular formula is C44H76ClN16O5+. The number of carbonyl (C=O) groups excluding carboxylic acids is 2. The number of hydrogen-bond acceptors (Lipinski definition) is 15. The maximum Gasteiger partial charge on any atom is 0.247 e. The van der Waals surface area contributed by atoms with E-state index in [2.05, 4.69) is 80.8 Å². The predicted molar refractivity (Wildman–Crippen MR) is 246 cm³/mol. The Hall–Kier alpha value is -4.72. The van der Waals surface area contributed by atoms with Crippen molar-refractivity contribution in [3.63, 3.8) is 0 Å². The van der Waals surface area contributed by atoms with Gasteiger partial charge < -0.3 is 63.0 Å². The molecule has 3 aromatic rings. The molecule has 2 fully saturated rings. The average molecular weight is 945 g/mol. The third kappa shape index (κ3) is 16.0. The van der Waals surface area contributed by atoms with Crippen molar-refractivity contribution in [2.24, 2.45) is 11.8 Å². The molecule has 0 radical (unpaired) electrons. The van der Waals surface area contributed by atoms with Crippen LogP contribution in [0.2, 0.25) is 0 Å². The number of piperazine rings is 2. The van der Waals surface area contributed by atoms with Crippen LogP contribution in [0.15, 0.2) is 12.4 Å². The number of anilines is 3. The third-order valence-corrected chi connectivity index (χ3v) is 12.2. The average Bonchev–Trinajstić information content (AvgIpc) is 4.00. The molecule has 0 aliphatic carbocycles. The van der Waals surface area contributed by atoms with Crippen LogP contribution in [0.25, 0.3) is 0 Å². The second-order valence-corrected chi connectivity index (χ2v) is 17.0. The highest BCUT2D eigenvalue weighted by Crippen LogP contribution is 2.27. The van der Waals surface area contributed by atoms with Crippen LogP contribution in [0.3, 0.4) is 0 Å². The first-order valence-electron chi connectivity index (χ1n) is 23.8. The number of terminal acetylenes is 1. The molecule has 5 rings (SSSR count). The number of unbranched alkanes of at least 4 members (excludes halogenated alkanes) is 2. The quantitative estimate of drug-likeness (QED) is 0.0469. The number of halogens is 1. The normalized spacial score (nSPS) is 16.1. The van der Waals surface area contributed by atoms with Gasteiger partial charge >= 0.3 is 0 Å². The van der Waals surface area contributed by atoms with Crippen molar-refractivity contribution in [2.75, 3.05) is 127 Å². The lowest BCUT2D eigenvalue weighted by atomic mass is 9.97. The Morgan fingerprint density at radius 2 is 1.12 bits per heavy atom. The summed E-state index contributed by atoms with van der Waals surface area (Å²) in [6, 6.07) is -0.870. The van der Waals surface area contributed by atoms with Gasteiger partial charge in [0.1, 0.15) is 18.7 Å². The first-order chi connectivity index (χ1) is 31.7. The maximum atomic E-state index is 14.2. The summed E-state index contributed by atoms with van der Waals surface area (Å²) in [4.78, 5) is 51.2. The fourth-order valence-electron chi connectivity index (χ4n) is 7.92. The van der Waals surface area contributed by atoms with Crippen LogP contribution in [0, 0.1) is 24.2 Å². The first-order valence-corrected chi connectivity index (χ1v) is 23.8. The largest absolute Gasteiger partial charge is 1.00 e. The number of amides is 2. The van der Waals surface area contributed by atoms with Crippen molar-refractivity contribution in [1.29, 1.82) is 0 Å². The summed E-state index contributed by atoms with van der Waals surface area (Å²) in [7, 11) is 0. The summed E-state index contributed by atoms with van der Waals surface area (Å²) in [5.74, 6) is 4.17. The molecule has 2 amide bonds. The minimum atomic E-state index is -0.435. The van der Waals surface area contributed by atoms with E-state index >= 15 is 0 Å². The zero-order valence-corrected chi connectivity index (χ0v) is 40.6. The van der Waals surface area contributed by atoms with Crippen LogP contribution in [0.5, 0.6) is 0 Å². The number of aromatic nitrogens is 9. The molecule has 22 heteroatoms. The smallest absolute Gasteiger partial charge is 0.247 e. The Morgan fingerprint density at radius 1 is 0.682 bits per heavy atom. The van der Waals surface area contributed by atoms with Crippen LogP contribution in [0.1, 0.15) is 89.7 Å². The number of hydrogen-bond donors (Lipinski definition) is 3. The van der Waals surface area contributed by atoms with Crippen LogP contribution >= 0.6 is 0 Å². The molecule has 0 aromatic carbocycles. The van der Waals surface area contributed by atoms with Crippen molar-refractivity contribution < 1.29 is 47.7 Å². The zero-order chi connectivity index (χ0) is 46.4. The molecule has 21 nitrogen and oxygen atoms in total. The van der Waals surface area contributed by atoms with E-state index in [0.717, 1.165) is 75.8 Å². The molecule has 4 atom stereocenters. The number of nitrogens with one attached hydrogen (secondary N) is 1. The SMILES string of the molecule is C#CCOCCOCCOCCNc1nc(N2CCN(C(=O)[C@H]([C@@H](C)CC)n3cc(CCCC[NH3+])nn3)CC2)nc(N2CCN(C(=O)[C@H]([C@@H](C)CC)n3cc(CCCC[NH3+])nn3)CC2)n1.[Cl-]. The Balaban J connectivity index is 0.00000952. The highest BCUT2D eigenvalue weighted by Gasteiger charge is 2.36. The van der Waals surface area contributed by atoms with E-state index in [1.807, 2.05) is 22.2 Å². The number of aryl methyl sites for hydroxylation is 2. The molecule has 5 heterocycles. The van der Waals surface area contributed by atoms with Crippen LogP contribution in [-0.2, 0) is 36.6 Å². The van der Waals surface area contributed by atoms with E-state index in [1.165, 1.54) is 0 Å². The highest BCUT2D eigenvalue weighted by molar-refractivity contribution is 5.81. The summed E-state index contributed by atoms with van der Waals surface area (Å²) in [5.41, 5.74) is 9.68. The summed E-state index contributed by atoms with van der Waals surface area (Å²) < 4.78 is 20.1. The molecule has 0 unspecified atom stereocenters. The minimum absolute atomic E-state index is 0. The van der Waals surface area contributed by atoms with E-state index in [9.17, 15) is 9.59 Å². The summed E-state index contributed by atoms with van der Waals surface area (Å²) >= 11 is 0. The molecule has 0 bridgehead atoms. The lowest BCUT2D eigenvalue weighted by Crippen LogP contribution is -3.00. The summed E-state index contributed by atoms with van der Waals surface area (Å²) in [5, 5.41) is 21.0. The standard InChI is InChI=1S/C44H74N16O5.ClH/c1-6-26-63-28-30-65-31-29-64-27-17-47-42-48-43(57-22-18-55(19-23-57)40(61)38(34(4)7-2)59-32-36(51-53-59)13-9-11-15-45)50-44(49-42)58-24-20-56(21-25-58)41(62)39(35(5)8-3)60-33-37(52-54-60)14-10-12-16-46;/h1,32-35,38-39H,7-31,45-46H2,2-5H3,(H,47,48,49,50);1H/p+1/t34-,35-,38-,39-;/m0./s1. The summed E-state index contributed by atoms with van der Waals surface area (Å²) in [6.45, 7) is 17.3. The van der Waals surface area contributed by atoms with Gasteiger partial charge in [-0.05, 0) is 50.4 Å². The van der Waals surface area contributed by atoms with Crippen molar-refractivity contribution in [2.45, 2.75) is 91.1 Å². The lowest BCUT2D eigenvalue weighted by molar-refractivity contribution is -0.368. The molecule has 0 spiro atoms. The van der Waals surface area contributed by atoms with Gasteiger partial charge in [-0.2, -0.15) is 15.0 Å². The minimum Gasteiger partial charge on any atom is -1.00 e. The topological polar surface area (TPSA) is 242 Å². The van der Waals surface area contributed by atoms with Crippen LogP contribution in [0.4, 0.5) is 17.8 Å². The lowest BCUT2D eigenvalue weighted by Gasteiger charge is -2.38. The number of ether oxygens (including phenoxy) is 3. The number of quaternary nitrogens is 2. The second-order valence-electron chi connectivity index (χ2n) is 17.0. The van der Waals surface area contributed by atoms with Gasteiger partial charge in [0.15, 0.2) is 0 Å². The van der Waals surface area contributed by atoms with Gasteiger partial charge in [0, 0.05) is 71.3 Å². The Morgan fingerprint density at radius 3 is 1.55 bits per heavy atom. The molecule has 3 aromatic heterocycles. The van der Waals surface area contributed by atoms with Crippen LogP contribution < -0.4 is 39.0 Å². The maximum absolute atomic E-state index is 14.2. The fourth-order valence-corrected chi connectivity index (χ4v) is 7.92. The van der Waals surface area contributed by atoms with Gasteiger partial charge in [0.05, 0.1) is 57.5 Å². The van der Waals surface area contributed by atoms with E-state index < -0.39 is 12.1 Å². The Bertz CT molecular complexity index is 1780. The van der Waals surface area contributed by atoms with Crippen molar-refractivity contribution in [3.05, 3.63) is 23.8 Å². The number of carbonyl (C=O) groups is 2. The zero-order valence-electron chi connectivity index (χ0n) is 39.9. The Kier molecular flexibility index (Phi) is 23.8. The van der Waals surface area contributed by atoms with Crippen molar-refractivity contribution in [3.8, 4) is 12.3 Å². The predicted octanol–water partition coefficient (Wildman–Crippen LogP) is -2.85. The molecular weight excluding hydrogens is 868 g/mol. The van der Waals surface area contributed by atoms with Crippen molar-refractivity contribution in [1.82, 2.24) is 54.7 Å². The van der Waals surface area contributed by atoms with Gasteiger partial charge in [-0.1, -0.05) is 56.9 Å². The molecule has 2 saturated heterocycles. The molecule has 66 heavy (non-hydrogen) atoms. The monoisotopic (exact) mass is 944 g/mol. The third-order valence-electron chi connectivity index (χ3n) is 12.2.